The molecule has 0 saturated heterocycles. The van der Waals surface area contributed by atoms with E-state index in [1.165, 1.54) is 0 Å². The third-order valence-electron chi connectivity index (χ3n) is 7.37. The van der Waals surface area contributed by atoms with Crippen molar-refractivity contribution in [1.82, 2.24) is 19.9 Å². The average Bonchev–Trinajstić information content (AvgIpc) is 3.44. The second-order valence-corrected chi connectivity index (χ2v) is 9.95. The Morgan fingerprint density at radius 3 is 1.68 bits per heavy atom. The van der Waals surface area contributed by atoms with Crippen molar-refractivity contribution in [3.63, 3.8) is 0 Å². The van der Waals surface area contributed by atoms with Gasteiger partial charge in [0.15, 0.2) is 23.1 Å². The Balaban J connectivity index is 1.24. The molecular weight excluding hydrogens is 504 g/mol. The van der Waals surface area contributed by atoms with Gasteiger partial charge in [0.25, 0.3) is 0 Å². The molecule has 0 aliphatic heterocycles. The fourth-order valence-corrected chi connectivity index (χ4v) is 5.33. The number of furan rings is 1. The van der Waals surface area contributed by atoms with E-state index in [2.05, 4.69) is 42.5 Å². The van der Waals surface area contributed by atoms with E-state index in [0.717, 1.165) is 60.7 Å². The summed E-state index contributed by atoms with van der Waals surface area (Å²) in [6.07, 6.45) is 1.85. The minimum absolute atomic E-state index is 0.636. The van der Waals surface area contributed by atoms with Gasteiger partial charge >= 0.3 is 0 Å². The molecule has 5 nitrogen and oxygen atoms in total. The van der Waals surface area contributed by atoms with Crippen molar-refractivity contribution < 1.29 is 4.42 Å². The summed E-state index contributed by atoms with van der Waals surface area (Å²) in [5, 5.41) is 4.35. The van der Waals surface area contributed by atoms with Crippen LogP contribution in [0.4, 0.5) is 0 Å². The molecule has 0 fully saturated rings. The molecule has 0 aliphatic rings. The van der Waals surface area contributed by atoms with Gasteiger partial charge in [0, 0.05) is 39.2 Å². The van der Waals surface area contributed by atoms with Crippen molar-refractivity contribution in [1.29, 1.82) is 0 Å². The number of benzene rings is 5. The molecule has 8 rings (SSSR count). The molecule has 8 aromatic rings. The van der Waals surface area contributed by atoms with Crippen LogP contribution in [0, 0.1) is 0 Å². The molecule has 41 heavy (non-hydrogen) atoms. The Morgan fingerprint density at radius 1 is 0.439 bits per heavy atom. The zero-order valence-electron chi connectivity index (χ0n) is 21.9. The van der Waals surface area contributed by atoms with Gasteiger partial charge in [-0.1, -0.05) is 103 Å². The highest BCUT2D eigenvalue weighted by Crippen LogP contribution is 2.36. The van der Waals surface area contributed by atoms with Crippen LogP contribution in [-0.4, -0.2) is 19.9 Å². The van der Waals surface area contributed by atoms with E-state index in [-0.39, 0.29) is 0 Å². The van der Waals surface area contributed by atoms with Crippen molar-refractivity contribution in [2.75, 3.05) is 0 Å². The van der Waals surface area contributed by atoms with Gasteiger partial charge in [0.1, 0.15) is 11.3 Å². The molecule has 0 bridgehead atoms. The van der Waals surface area contributed by atoms with E-state index in [1.807, 2.05) is 91.1 Å². The fraction of sp³-hybridized carbons (Fsp3) is 0. The van der Waals surface area contributed by atoms with Crippen LogP contribution in [0.25, 0.3) is 78.1 Å². The van der Waals surface area contributed by atoms with E-state index in [4.69, 9.17) is 24.4 Å². The average molecular weight is 527 g/mol. The third-order valence-corrected chi connectivity index (χ3v) is 7.37. The van der Waals surface area contributed by atoms with Gasteiger partial charge in [-0.05, 0) is 35.0 Å². The molecule has 0 spiro atoms. The summed E-state index contributed by atoms with van der Waals surface area (Å²) >= 11 is 0. The van der Waals surface area contributed by atoms with Gasteiger partial charge in [-0.15, -0.1) is 0 Å². The van der Waals surface area contributed by atoms with Gasteiger partial charge in [-0.25, -0.2) is 15.0 Å². The molecule has 0 amide bonds. The molecule has 0 atom stereocenters. The van der Waals surface area contributed by atoms with Crippen molar-refractivity contribution in [2.24, 2.45) is 0 Å². The first-order valence-corrected chi connectivity index (χ1v) is 13.5. The molecule has 0 unspecified atom stereocenters. The van der Waals surface area contributed by atoms with E-state index in [0.29, 0.717) is 17.5 Å². The number of pyridine rings is 1. The van der Waals surface area contributed by atoms with Crippen LogP contribution in [-0.2, 0) is 0 Å². The molecular formula is C36H22N4O. The van der Waals surface area contributed by atoms with Crippen LogP contribution in [0.5, 0.6) is 0 Å². The molecule has 5 aromatic carbocycles. The lowest BCUT2D eigenvalue weighted by atomic mass is 10.0. The number of fused-ring (bicyclic) bond motifs is 4. The highest BCUT2D eigenvalue weighted by Gasteiger charge is 2.15. The number of rotatable bonds is 4. The molecule has 0 N–H and O–H groups in total. The lowest BCUT2D eigenvalue weighted by Crippen LogP contribution is -2.00. The Hall–Kier alpha value is -5.68. The number of aromatic nitrogens is 4. The Kier molecular flexibility index (Phi) is 5.38. The Morgan fingerprint density at radius 2 is 1.00 bits per heavy atom. The SMILES string of the molecule is c1ccc(-c2nc(-c3ccccc3)nc(-c3ccc4cc(-c5nccc6c5oc5ccccc56)ccc4c3)n2)cc1. The van der Waals surface area contributed by atoms with Crippen LogP contribution in [0.15, 0.2) is 138 Å². The minimum Gasteiger partial charge on any atom is -0.454 e. The predicted molar refractivity (Wildman–Crippen MR) is 164 cm³/mol. The van der Waals surface area contributed by atoms with Crippen molar-refractivity contribution in [3.05, 3.63) is 134 Å². The van der Waals surface area contributed by atoms with Gasteiger partial charge in [0.2, 0.25) is 0 Å². The molecule has 0 aliphatic carbocycles. The molecule has 192 valence electrons. The number of nitrogens with zero attached hydrogens (tertiary/aromatic N) is 4. The van der Waals surface area contributed by atoms with Crippen LogP contribution >= 0.6 is 0 Å². The second-order valence-electron chi connectivity index (χ2n) is 9.95. The maximum atomic E-state index is 6.24. The molecule has 3 aromatic heterocycles. The maximum Gasteiger partial charge on any atom is 0.164 e. The third kappa shape index (κ3) is 4.12. The van der Waals surface area contributed by atoms with Crippen molar-refractivity contribution >= 4 is 32.7 Å². The zero-order valence-corrected chi connectivity index (χ0v) is 21.9. The maximum absolute atomic E-state index is 6.24. The Labute approximate surface area is 235 Å². The van der Waals surface area contributed by atoms with Gasteiger partial charge in [0.05, 0.1) is 0 Å². The van der Waals surface area contributed by atoms with Gasteiger partial charge < -0.3 is 4.42 Å². The lowest BCUT2D eigenvalue weighted by molar-refractivity contribution is 0.668. The predicted octanol–water partition coefficient (Wildman–Crippen LogP) is 8.99. The number of hydrogen-bond acceptors (Lipinski definition) is 5. The lowest BCUT2D eigenvalue weighted by Gasteiger charge is -2.09. The van der Waals surface area contributed by atoms with Crippen LogP contribution in [0.1, 0.15) is 0 Å². The monoisotopic (exact) mass is 526 g/mol. The smallest absolute Gasteiger partial charge is 0.164 e. The van der Waals surface area contributed by atoms with E-state index in [1.54, 1.807) is 0 Å². The summed E-state index contributed by atoms with van der Waals surface area (Å²) in [7, 11) is 0. The van der Waals surface area contributed by atoms with E-state index >= 15 is 0 Å². The minimum atomic E-state index is 0.636. The van der Waals surface area contributed by atoms with Crippen LogP contribution in [0.2, 0.25) is 0 Å². The first kappa shape index (κ1) is 23.2. The largest absolute Gasteiger partial charge is 0.454 e. The number of hydrogen-bond donors (Lipinski definition) is 0. The summed E-state index contributed by atoms with van der Waals surface area (Å²) in [4.78, 5) is 19.3. The summed E-state index contributed by atoms with van der Waals surface area (Å²) in [6.45, 7) is 0. The highest BCUT2D eigenvalue weighted by atomic mass is 16.3. The van der Waals surface area contributed by atoms with Crippen LogP contribution < -0.4 is 0 Å². The van der Waals surface area contributed by atoms with E-state index in [9.17, 15) is 0 Å². The summed E-state index contributed by atoms with van der Waals surface area (Å²) in [6, 6.07) is 42.8. The van der Waals surface area contributed by atoms with Gasteiger partial charge in [-0.2, -0.15) is 0 Å². The zero-order chi connectivity index (χ0) is 27.2. The summed E-state index contributed by atoms with van der Waals surface area (Å²) in [5.41, 5.74) is 6.34. The highest BCUT2D eigenvalue weighted by molar-refractivity contribution is 6.09. The summed E-state index contributed by atoms with van der Waals surface area (Å²) < 4.78 is 6.24. The standard InChI is InChI=1S/C36H22N4O/c1-3-9-23(10-4-1)34-38-35(24-11-5-2-6-12-24)40-36(39-34)28-18-16-25-21-27(17-15-26(25)22-28)32-33-30(19-20-37-32)29-13-7-8-14-31(29)41-33/h1-22H. The quantitative estimate of drug-likeness (QED) is 0.229. The molecule has 5 heteroatoms. The second kappa shape index (κ2) is 9.50. The normalized spacial score (nSPS) is 11.4. The topological polar surface area (TPSA) is 64.7 Å². The molecule has 3 heterocycles. The first-order chi connectivity index (χ1) is 20.3. The summed E-state index contributed by atoms with van der Waals surface area (Å²) in [5.74, 6) is 1.93. The van der Waals surface area contributed by atoms with Crippen LogP contribution in [0.3, 0.4) is 0 Å². The fourth-order valence-electron chi connectivity index (χ4n) is 5.33. The van der Waals surface area contributed by atoms with Gasteiger partial charge in [-0.3, -0.25) is 4.98 Å². The first-order valence-electron chi connectivity index (χ1n) is 13.5. The van der Waals surface area contributed by atoms with Crippen molar-refractivity contribution in [2.45, 2.75) is 0 Å². The number of para-hydroxylation sites is 1. The molecule has 0 radical (unpaired) electrons. The molecule has 0 saturated carbocycles. The van der Waals surface area contributed by atoms with Crippen molar-refractivity contribution in [3.8, 4) is 45.4 Å². The van der Waals surface area contributed by atoms with E-state index < -0.39 is 0 Å². The Bertz CT molecular complexity index is 2150.